The summed E-state index contributed by atoms with van der Waals surface area (Å²) in [5, 5.41) is 3.29. The summed E-state index contributed by atoms with van der Waals surface area (Å²) in [5.41, 5.74) is 5.71. The molecule has 0 aromatic carbocycles. The molecule has 0 saturated carbocycles. The second-order valence-electron chi connectivity index (χ2n) is 4.18. The summed E-state index contributed by atoms with van der Waals surface area (Å²) in [7, 11) is 0. The van der Waals surface area contributed by atoms with Gasteiger partial charge in [0, 0.05) is 18.4 Å². The minimum Gasteiger partial charge on any atom is -0.381 e. The summed E-state index contributed by atoms with van der Waals surface area (Å²) in [6.07, 6.45) is 9.56. The van der Waals surface area contributed by atoms with Gasteiger partial charge < -0.3 is 11.1 Å². The predicted octanol–water partition coefficient (Wildman–Crippen LogP) is 2.83. The van der Waals surface area contributed by atoms with Gasteiger partial charge in [-0.3, -0.25) is 0 Å². The highest BCUT2D eigenvalue weighted by molar-refractivity contribution is 5.55. The van der Waals surface area contributed by atoms with E-state index < -0.39 is 0 Å². The highest BCUT2D eigenvalue weighted by Gasteiger charge is 2.05. The maximum atomic E-state index is 5.71. The number of nitrogens with two attached hydrogens (primary N) is 1. The Morgan fingerprint density at radius 2 is 2.00 bits per heavy atom. The zero-order valence-electron chi connectivity index (χ0n) is 10.2. The molecule has 1 aromatic heterocycles. The van der Waals surface area contributed by atoms with E-state index in [1.54, 1.807) is 12.4 Å². The summed E-state index contributed by atoms with van der Waals surface area (Å²) < 4.78 is 0. The molecule has 0 spiro atoms. The monoisotopic (exact) mass is 222 g/mol. The smallest absolute Gasteiger partial charge is 0.169 e. The Kier molecular flexibility index (Phi) is 5.61. The summed E-state index contributed by atoms with van der Waals surface area (Å²) in [4.78, 5) is 8.16. The molecule has 1 aromatic rings. The highest BCUT2D eigenvalue weighted by Crippen LogP contribution is 2.14. The van der Waals surface area contributed by atoms with Crippen LogP contribution in [0.25, 0.3) is 0 Å². The van der Waals surface area contributed by atoms with Gasteiger partial charge in [0.1, 0.15) is 0 Å². The van der Waals surface area contributed by atoms with Crippen molar-refractivity contribution in [3.8, 4) is 0 Å². The van der Waals surface area contributed by atoms with Gasteiger partial charge in [-0.1, -0.05) is 32.6 Å². The van der Waals surface area contributed by atoms with Crippen molar-refractivity contribution >= 4 is 11.6 Å². The van der Waals surface area contributed by atoms with Crippen molar-refractivity contribution in [2.75, 3.05) is 11.1 Å². The normalized spacial score (nSPS) is 12.4. The fourth-order valence-electron chi connectivity index (χ4n) is 1.64. The summed E-state index contributed by atoms with van der Waals surface area (Å²) in [6, 6.07) is 0.399. The molecule has 0 fully saturated rings. The number of anilines is 2. The van der Waals surface area contributed by atoms with Gasteiger partial charge in [-0.2, -0.15) is 0 Å². The molecule has 16 heavy (non-hydrogen) atoms. The fraction of sp³-hybridized carbons (Fsp3) is 0.667. The van der Waals surface area contributed by atoms with E-state index in [0.717, 1.165) is 6.42 Å². The van der Waals surface area contributed by atoms with E-state index in [4.69, 9.17) is 5.73 Å². The van der Waals surface area contributed by atoms with E-state index in [1.807, 2.05) is 0 Å². The van der Waals surface area contributed by atoms with Gasteiger partial charge in [0.15, 0.2) is 11.6 Å². The van der Waals surface area contributed by atoms with Crippen LogP contribution in [0.5, 0.6) is 0 Å². The average molecular weight is 222 g/mol. The standard InChI is InChI=1S/C12H22N4/c1-3-4-5-6-7-10(2)16-12-11(13)14-8-9-15-12/h8-10H,3-7H2,1-2H3,(H2,13,14)(H,15,16). The first-order chi connectivity index (χ1) is 7.74. The molecule has 90 valence electrons. The number of hydrogen-bond acceptors (Lipinski definition) is 4. The van der Waals surface area contributed by atoms with Crippen LogP contribution in [0.1, 0.15) is 46.0 Å². The molecule has 1 unspecified atom stereocenters. The lowest BCUT2D eigenvalue weighted by Crippen LogP contribution is -2.17. The molecule has 0 bridgehead atoms. The van der Waals surface area contributed by atoms with E-state index in [2.05, 4.69) is 29.1 Å². The van der Waals surface area contributed by atoms with Gasteiger partial charge in [0.05, 0.1) is 0 Å². The molecule has 0 aliphatic carbocycles. The van der Waals surface area contributed by atoms with Gasteiger partial charge >= 0.3 is 0 Å². The van der Waals surface area contributed by atoms with Crippen molar-refractivity contribution < 1.29 is 0 Å². The van der Waals surface area contributed by atoms with E-state index in [-0.39, 0.29) is 0 Å². The number of aromatic nitrogens is 2. The molecule has 1 heterocycles. The molecule has 0 aliphatic rings. The zero-order chi connectivity index (χ0) is 11.8. The molecule has 3 N–H and O–H groups in total. The summed E-state index contributed by atoms with van der Waals surface area (Å²) in [6.45, 7) is 4.38. The Balaban J connectivity index is 2.28. The molecule has 0 saturated heterocycles. The lowest BCUT2D eigenvalue weighted by Gasteiger charge is -2.14. The van der Waals surface area contributed by atoms with Crippen molar-refractivity contribution in [1.82, 2.24) is 9.97 Å². The van der Waals surface area contributed by atoms with Gasteiger partial charge in [-0.25, -0.2) is 9.97 Å². The van der Waals surface area contributed by atoms with Crippen LogP contribution in [-0.4, -0.2) is 16.0 Å². The Morgan fingerprint density at radius 1 is 1.25 bits per heavy atom. The van der Waals surface area contributed by atoms with Gasteiger partial charge in [0.2, 0.25) is 0 Å². The van der Waals surface area contributed by atoms with Gasteiger partial charge in [-0.15, -0.1) is 0 Å². The van der Waals surface area contributed by atoms with Crippen LogP contribution >= 0.6 is 0 Å². The van der Waals surface area contributed by atoms with E-state index >= 15 is 0 Å². The van der Waals surface area contributed by atoms with E-state index in [0.29, 0.717) is 17.7 Å². The predicted molar refractivity (Wildman–Crippen MR) is 68.3 cm³/mol. The number of nitrogen functional groups attached to an aromatic ring is 1. The van der Waals surface area contributed by atoms with Crippen molar-refractivity contribution in [2.24, 2.45) is 0 Å². The topological polar surface area (TPSA) is 63.8 Å². The maximum absolute atomic E-state index is 5.71. The first-order valence-electron chi connectivity index (χ1n) is 6.07. The number of unbranched alkanes of at least 4 members (excludes halogenated alkanes) is 3. The number of nitrogens with zero attached hydrogens (tertiary/aromatic N) is 2. The first-order valence-corrected chi connectivity index (χ1v) is 6.07. The molecular weight excluding hydrogens is 200 g/mol. The quantitative estimate of drug-likeness (QED) is 0.696. The van der Waals surface area contributed by atoms with Crippen LogP contribution in [0, 0.1) is 0 Å². The number of hydrogen-bond donors (Lipinski definition) is 2. The molecule has 1 atom stereocenters. The Hall–Kier alpha value is -1.32. The minimum absolute atomic E-state index is 0.399. The van der Waals surface area contributed by atoms with Crippen LogP contribution in [0.4, 0.5) is 11.6 Å². The lowest BCUT2D eigenvalue weighted by atomic mass is 10.1. The maximum Gasteiger partial charge on any atom is 0.169 e. The zero-order valence-corrected chi connectivity index (χ0v) is 10.2. The van der Waals surface area contributed by atoms with Crippen LogP contribution in [0.2, 0.25) is 0 Å². The first kappa shape index (κ1) is 12.7. The SMILES string of the molecule is CCCCCCC(C)Nc1nccnc1N. The molecule has 0 amide bonds. The number of rotatable bonds is 7. The van der Waals surface area contributed by atoms with Crippen molar-refractivity contribution in [3.05, 3.63) is 12.4 Å². The van der Waals surface area contributed by atoms with Crippen molar-refractivity contribution in [2.45, 2.75) is 52.0 Å². The second kappa shape index (κ2) is 7.04. The molecule has 1 rings (SSSR count). The molecule has 0 aliphatic heterocycles. The Labute approximate surface area is 97.7 Å². The van der Waals surface area contributed by atoms with Crippen LogP contribution in [0.3, 0.4) is 0 Å². The molecule has 4 nitrogen and oxygen atoms in total. The third kappa shape index (κ3) is 4.47. The minimum atomic E-state index is 0.399. The van der Waals surface area contributed by atoms with Crippen LogP contribution < -0.4 is 11.1 Å². The van der Waals surface area contributed by atoms with E-state index in [9.17, 15) is 0 Å². The Bertz CT molecular complexity index is 301. The lowest BCUT2D eigenvalue weighted by molar-refractivity contribution is 0.593. The van der Waals surface area contributed by atoms with Crippen LogP contribution in [0.15, 0.2) is 12.4 Å². The summed E-state index contributed by atoms with van der Waals surface area (Å²) >= 11 is 0. The summed E-state index contributed by atoms with van der Waals surface area (Å²) in [5.74, 6) is 1.17. The fourth-order valence-corrected chi connectivity index (χ4v) is 1.64. The Morgan fingerprint density at radius 3 is 2.69 bits per heavy atom. The highest BCUT2D eigenvalue weighted by atomic mass is 15.1. The third-order valence-electron chi connectivity index (χ3n) is 2.60. The second-order valence-corrected chi connectivity index (χ2v) is 4.18. The van der Waals surface area contributed by atoms with Crippen molar-refractivity contribution in [1.29, 1.82) is 0 Å². The van der Waals surface area contributed by atoms with Gasteiger partial charge in [-0.05, 0) is 13.3 Å². The van der Waals surface area contributed by atoms with Gasteiger partial charge in [0.25, 0.3) is 0 Å². The van der Waals surface area contributed by atoms with Crippen LogP contribution in [-0.2, 0) is 0 Å². The number of nitrogens with one attached hydrogen (secondary N) is 1. The van der Waals surface area contributed by atoms with Crippen molar-refractivity contribution in [3.63, 3.8) is 0 Å². The molecule has 4 heteroatoms. The largest absolute Gasteiger partial charge is 0.381 e. The third-order valence-corrected chi connectivity index (χ3v) is 2.60. The van der Waals surface area contributed by atoms with E-state index in [1.165, 1.54) is 25.7 Å². The average Bonchev–Trinajstić information content (AvgIpc) is 2.28. The molecule has 0 radical (unpaired) electrons. The molecular formula is C12H22N4.